The first-order valence-corrected chi connectivity index (χ1v) is 11.4. The standard InChI is InChI=1S/C26H25N5O4/c32-13-20-10-9-19(14-35-20)30-25-22-21(12-27-24(22)28-15-29-25)23(33)16-5-4-6-17(11-16)26(34)31-18-7-2-1-3-8-18/h1-8,11-12,15,19-20,32H,9-10,13-14H2,(H,31,34)(H2,27,28,29,30)/t19-,20+/m1/s1. The molecule has 178 valence electrons. The zero-order valence-electron chi connectivity index (χ0n) is 18.9. The van der Waals surface area contributed by atoms with Gasteiger partial charge in [-0.3, -0.25) is 9.59 Å². The Kier molecular flexibility index (Phi) is 6.51. The molecule has 0 saturated carbocycles. The highest BCUT2D eigenvalue weighted by molar-refractivity contribution is 6.18. The van der Waals surface area contributed by atoms with Crippen molar-refractivity contribution in [2.45, 2.75) is 25.0 Å². The zero-order valence-corrected chi connectivity index (χ0v) is 18.9. The number of para-hydroxylation sites is 1. The highest BCUT2D eigenvalue weighted by atomic mass is 16.5. The summed E-state index contributed by atoms with van der Waals surface area (Å²) in [5, 5.41) is 16.1. The fourth-order valence-electron chi connectivity index (χ4n) is 4.19. The van der Waals surface area contributed by atoms with Gasteiger partial charge in [0.05, 0.1) is 36.3 Å². The molecule has 5 rings (SSSR count). The van der Waals surface area contributed by atoms with Gasteiger partial charge in [0, 0.05) is 23.0 Å². The van der Waals surface area contributed by atoms with Gasteiger partial charge in [-0.2, -0.15) is 0 Å². The number of H-pyrrole nitrogens is 1. The van der Waals surface area contributed by atoms with Crippen LogP contribution in [-0.4, -0.2) is 57.1 Å². The summed E-state index contributed by atoms with van der Waals surface area (Å²) in [4.78, 5) is 37.9. The Balaban J connectivity index is 1.39. The largest absolute Gasteiger partial charge is 0.394 e. The molecule has 2 aromatic carbocycles. The first-order valence-electron chi connectivity index (χ1n) is 11.4. The average molecular weight is 472 g/mol. The van der Waals surface area contributed by atoms with Crippen molar-refractivity contribution in [3.8, 4) is 0 Å². The van der Waals surface area contributed by atoms with Crippen molar-refractivity contribution in [3.63, 3.8) is 0 Å². The topological polar surface area (TPSA) is 129 Å². The van der Waals surface area contributed by atoms with Crippen molar-refractivity contribution >= 4 is 34.2 Å². The van der Waals surface area contributed by atoms with E-state index in [2.05, 4.69) is 25.6 Å². The fourth-order valence-corrected chi connectivity index (χ4v) is 4.19. The molecule has 0 radical (unpaired) electrons. The van der Waals surface area contributed by atoms with Crippen molar-refractivity contribution in [3.05, 3.63) is 83.8 Å². The van der Waals surface area contributed by atoms with Gasteiger partial charge in [-0.15, -0.1) is 0 Å². The summed E-state index contributed by atoms with van der Waals surface area (Å²) in [5.74, 6) is -0.00808. The Morgan fingerprint density at radius 2 is 1.89 bits per heavy atom. The minimum atomic E-state index is -0.297. The molecule has 0 unspecified atom stereocenters. The summed E-state index contributed by atoms with van der Waals surface area (Å²) in [5.41, 5.74) is 2.39. The predicted octanol–water partition coefficient (Wildman–Crippen LogP) is 3.39. The van der Waals surface area contributed by atoms with Gasteiger partial charge in [0.1, 0.15) is 17.8 Å². The molecule has 2 aromatic heterocycles. The Hall–Kier alpha value is -4.08. The summed E-state index contributed by atoms with van der Waals surface area (Å²) >= 11 is 0. The Morgan fingerprint density at radius 1 is 1.06 bits per heavy atom. The van der Waals surface area contributed by atoms with Crippen molar-refractivity contribution in [2.75, 3.05) is 23.8 Å². The van der Waals surface area contributed by atoms with Gasteiger partial charge in [-0.05, 0) is 37.1 Å². The molecular weight excluding hydrogens is 446 g/mol. The lowest BCUT2D eigenvalue weighted by Crippen LogP contribution is -2.36. The number of anilines is 2. The molecule has 1 aliphatic heterocycles. The Bertz CT molecular complexity index is 1350. The normalized spacial score (nSPS) is 17.7. The lowest BCUT2D eigenvalue weighted by molar-refractivity contribution is -0.0224. The number of aromatic nitrogens is 3. The second kappa shape index (κ2) is 10.0. The molecule has 0 bridgehead atoms. The lowest BCUT2D eigenvalue weighted by Gasteiger charge is -2.29. The number of ketones is 1. The quantitative estimate of drug-likeness (QED) is 0.304. The number of hydrogen-bond acceptors (Lipinski definition) is 7. The second-order valence-corrected chi connectivity index (χ2v) is 8.43. The van der Waals surface area contributed by atoms with Crippen LogP contribution < -0.4 is 10.6 Å². The number of aliphatic hydroxyl groups excluding tert-OH is 1. The molecule has 9 nitrogen and oxygen atoms in total. The van der Waals surface area contributed by atoms with Crippen LogP contribution in [0, 0.1) is 0 Å². The van der Waals surface area contributed by atoms with Crippen LogP contribution in [0.3, 0.4) is 0 Å². The van der Waals surface area contributed by atoms with Gasteiger partial charge in [0.25, 0.3) is 5.91 Å². The summed E-state index contributed by atoms with van der Waals surface area (Å²) in [6.45, 7) is 0.437. The van der Waals surface area contributed by atoms with Crippen molar-refractivity contribution in [1.82, 2.24) is 15.0 Å². The Morgan fingerprint density at radius 3 is 2.66 bits per heavy atom. The number of nitrogens with one attached hydrogen (secondary N) is 3. The smallest absolute Gasteiger partial charge is 0.255 e. The number of fused-ring (bicyclic) bond motifs is 1. The van der Waals surface area contributed by atoms with E-state index >= 15 is 0 Å². The summed E-state index contributed by atoms with van der Waals surface area (Å²) in [6, 6.07) is 15.8. The van der Waals surface area contributed by atoms with Gasteiger partial charge < -0.3 is 25.5 Å². The van der Waals surface area contributed by atoms with E-state index in [0.29, 0.717) is 45.8 Å². The number of ether oxygens (including phenoxy) is 1. The number of rotatable bonds is 7. The number of carbonyl (C=O) groups is 2. The molecule has 1 amide bonds. The molecule has 4 aromatic rings. The zero-order chi connectivity index (χ0) is 24.2. The van der Waals surface area contributed by atoms with Crippen LogP contribution in [0.1, 0.15) is 39.1 Å². The fraction of sp³-hybridized carbons (Fsp3) is 0.231. The predicted molar refractivity (Wildman–Crippen MR) is 132 cm³/mol. The van der Waals surface area contributed by atoms with E-state index in [-0.39, 0.29) is 30.4 Å². The molecule has 1 saturated heterocycles. The van der Waals surface area contributed by atoms with Crippen molar-refractivity contribution in [1.29, 1.82) is 0 Å². The van der Waals surface area contributed by atoms with Crippen LogP contribution in [0.2, 0.25) is 0 Å². The van der Waals surface area contributed by atoms with Gasteiger partial charge in [-0.1, -0.05) is 30.3 Å². The van der Waals surface area contributed by atoms with E-state index < -0.39 is 0 Å². The van der Waals surface area contributed by atoms with E-state index in [1.54, 1.807) is 42.6 Å². The molecule has 1 aliphatic rings. The highest BCUT2D eigenvalue weighted by Crippen LogP contribution is 2.28. The van der Waals surface area contributed by atoms with Crippen LogP contribution in [0.15, 0.2) is 67.1 Å². The molecular formula is C26H25N5O4. The van der Waals surface area contributed by atoms with Crippen molar-refractivity contribution < 1.29 is 19.4 Å². The van der Waals surface area contributed by atoms with Gasteiger partial charge in [-0.25, -0.2) is 9.97 Å². The van der Waals surface area contributed by atoms with Gasteiger partial charge in [0.2, 0.25) is 0 Å². The van der Waals surface area contributed by atoms with Crippen LogP contribution in [0.4, 0.5) is 11.5 Å². The molecule has 3 heterocycles. The molecule has 9 heteroatoms. The third kappa shape index (κ3) is 4.91. The molecule has 4 N–H and O–H groups in total. The number of benzene rings is 2. The molecule has 35 heavy (non-hydrogen) atoms. The van der Waals surface area contributed by atoms with Crippen LogP contribution in [0.25, 0.3) is 11.0 Å². The minimum Gasteiger partial charge on any atom is -0.394 e. The maximum absolute atomic E-state index is 13.5. The van der Waals surface area contributed by atoms with Crippen LogP contribution in [-0.2, 0) is 4.74 Å². The van der Waals surface area contributed by atoms with Crippen molar-refractivity contribution in [2.24, 2.45) is 0 Å². The van der Waals surface area contributed by atoms with E-state index in [1.807, 2.05) is 18.2 Å². The van der Waals surface area contributed by atoms with E-state index in [0.717, 1.165) is 12.8 Å². The summed E-state index contributed by atoms with van der Waals surface area (Å²) in [7, 11) is 0. The third-order valence-corrected chi connectivity index (χ3v) is 6.05. The SMILES string of the molecule is O=C(Nc1ccccc1)c1cccc(C(=O)c2c[nH]c3ncnc(N[C@@H]4CC[C@@H](CO)OC4)c23)c1. The minimum absolute atomic E-state index is 0.00115. The number of carbonyl (C=O) groups excluding carboxylic acids is 2. The number of aliphatic hydroxyl groups is 1. The number of amides is 1. The Labute approximate surface area is 201 Å². The first-order chi connectivity index (χ1) is 17.1. The maximum Gasteiger partial charge on any atom is 0.255 e. The second-order valence-electron chi connectivity index (χ2n) is 8.43. The average Bonchev–Trinajstić information content (AvgIpc) is 3.35. The number of aromatic amines is 1. The monoisotopic (exact) mass is 471 g/mol. The third-order valence-electron chi connectivity index (χ3n) is 6.05. The number of hydrogen-bond donors (Lipinski definition) is 4. The molecule has 1 fully saturated rings. The van der Waals surface area contributed by atoms with E-state index in [4.69, 9.17) is 4.74 Å². The molecule has 0 spiro atoms. The maximum atomic E-state index is 13.5. The first kappa shape index (κ1) is 22.7. The van der Waals surface area contributed by atoms with Crippen LogP contribution >= 0.6 is 0 Å². The summed E-state index contributed by atoms with van der Waals surface area (Å²) < 4.78 is 5.66. The van der Waals surface area contributed by atoms with Gasteiger partial charge in [0.15, 0.2) is 5.78 Å². The van der Waals surface area contributed by atoms with E-state index in [9.17, 15) is 14.7 Å². The van der Waals surface area contributed by atoms with Crippen LogP contribution in [0.5, 0.6) is 0 Å². The highest BCUT2D eigenvalue weighted by Gasteiger charge is 2.24. The van der Waals surface area contributed by atoms with E-state index in [1.165, 1.54) is 6.33 Å². The lowest BCUT2D eigenvalue weighted by atomic mass is 10.0. The molecule has 0 aliphatic carbocycles. The van der Waals surface area contributed by atoms with Gasteiger partial charge >= 0.3 is 0 Å². The number of nitrogens with zero attached hydrogens (tertiary/aromatic N) is 2. The molecule has 2 atom stereocenters. The summed E-state index contributed by atoms with van der Waals surface area (Å²) in [6.07, 6.45) is 4.45.